The molecule has 1 heterocycles. The lowest BCUT2D eigenvalue weighted by Gasteiger charge is -2.24. The first kappa shape index (κ1) is 17.6. The first-order chi connectivity index (χ1) is 10.8. The van der Waals surface area contributed by atoms with Crippen molar-refractivity contribution in [2.24, 2.45) is 0 Å². The Morgan fingerprint density at radius 3 is 2.74 bits per heavy atom. The SMILES string of the molecule is CN(CCNCc1c(Cl)oc2ccccc12)C(=O)OC(C)(C)C. The van der Waals surface area contributed by atoms with Crippen LogP contribution >= 0.6 is 11.6 Å². The van der Waals surface area contributed by atoms with Gasteiger partial charge in [-0.15, -0.1) is 0 Å². The highest BCUT2D eigenvalue weighted by Crippen LogP contribution is 2.29. The van der Waals surface area contributed by atoms with E-state index < -0.39 is 5.60 Å². The van der Waals surface area contributed by atoms with Crippen LogP contribution in [0.15, 0.2) is 28.7 Å². The molecule has 0 fully saturated rings. The third-order valence-corrected chi connectivity index (χ3v) is 3.59. The van der Waals surface area contributed by atoms with Gasteiger partial charge < -0.3 is 19.4 Å². The second-order valence-electron chi connectivity index (χ2n) is 6.43. The Morgan fingerprint density at radius 2 is 2.04 bits per heavy atom. The van der Waals surface area contributed by atoms with E-state index in [9.17, 15) is 4.79 Å². The minimum atomic E-state index is -0.484. The van der Waals surface area contributed by atoms with Crippen LogP contribution in [0, 0.1) is 0 Å². The van der Waals surface area contributed by atoms with Crippen LogP contribution in [-0.2, 0) is 11.3 Å². The Balaban J connectivity index is 1.83. The minimum Gasteiger partial charge on any atom is -0.444 e. The highest BCUT2D eigenvalue weighted by atomic mass is 35.5. The molecule has 0 unspecified atom stereocenters. The van der Waals surface area contributed by atoms with Crippen molar-refractivity contribution in [3.8, 4) is 0 Å². The normalized spacial score (nSPS) is 11.7. The summed E-state index contributed by atoms with van der Waals surface area (Å²) in [6.45, 7) is 7.31. The van der Waals surface area contributed by atoms with Gasteiger partial charge in [0.1, 0.15) is 11.2 Å². The monoisotopic (exact) mass is 338 g/mol. The van der Waals surface area contributed by atoms with Crippen LogP contribution in [-0.4, -0.2) is 36.7 Å². The van der Waals surface area contributed by atoms with Crippen LogP contribution in [0.5, 0.6) is 0 Å². The van der Waals surface area contributed by atoms with Crippen LogP contribution in [0.25, 0.3) is 11.0 Å². The quantitative estimate of drug-likeness (QED) is 0.836. The van der Waals surface area contributed by atoms with Gasteiger partial charge >= 0.3 is 6.09 Å². The van der Waals surface area contributed by atoms with Gasteiger partial charge in [0.05, 0.1) is 0 Å². The number of nitrogens with one attached hydrogen (secondary N) is 1. The zero-order valence-electron chi connectivity index (χ0n) is 14.0. The summed E-state index contributed by atoms with van der Waals surface area (Å²) in [5.41, 5.74) is 1.23. The minimum absolute atomic E-state index is 0.328. The lowest BCUT2D eigenvalue weighted by Crippen LogP contribution is -2.37. The third-order valence-electron chi connectivity index (χ3n) is 3.28. The lowest BCUT2D eigenvalue weighted by molar-refractivity contribution is 0.0300. The van der Waals surface area contributed by atoms with Crippen LogP contribution < -0.4 is 5.32 Å². The summed E-state index contributed by atoms with van der Waals surface area (Å²) in [4.78, 5) is 13.4. The molecular formula is C17H23ClN2O3. The molecule has 1 aromatic carbocycles. The first-order valence-electron chi connectivity index (χ1n) is 7.58. The topological polar surface area (TPSA) is 54.7 Å². The summed E-state index contributed by atoms with van der Waals surface area (Å²) in [6, 6.07) is 7.73. The number of carbonyl (C=O) groups is 1. The van der Waals surface area contributed by atoms with E-state index in [-0.39, 0.29) is 6.09 Å². The largest absolute Gasteiger partial charge is 0.444 e. The van der Waals surface area contributed by atoms with Crippen molar-refractivity contribution in [1.82, 2.24) is 10.2 Å². The van der Waals surface area contributed by atoms with Crippen molar-refractivity contribution in [3.05, 3.63) is 35.0 Å². The number of carbonyl (C=O) groups excluding carboxylic acids is 1. The number of amides is 1. The second kappa shape index (κ2) is 7.23. The summed E-state index contributed by atoms with van der Waals surface area (Å²) in [6.07, 6.45) is -0.328. The molecule has 126 valence electrons. The Kier molecular flexibility index (Phi) is 5.55. The van der Waals surface area contributed by atoms with Crippen molar-refractivity contribution in [2.75, 3.05) is 20.1 Å². The highest BCUT2D eigenvalue weighted by Gasteiger charge is 2.19. The molecule has 1 amide bonds. The number of likely N-dealkylation sites (N-methyl/N-ethyl adjacent to an activating group) is 1. The zero-order valence-corrected chi connectivity index (χ0v) is 14.7. The number of halogens is 1. The number of furan rings is 1. The average molecular weight is 339 g/mol. The maximum Gasteiger partial charge on any atom is 0.410 e. The standard InChI is InChI=1S/C17H23ClN2O3/c1-17(2,3)23-16(21)20(4)10-9-19-11-13-12-7-5-6-8-14(12)22-15(13)18/h5-8,19H,9-11H2,1-4H3. The number of hydrogen-bond donors (Lipinski definition) is 1. The molecule has 5 nitrogen and oxygen atoms in total. The maximum absolute atomic E-state index is 11.9. The van der Waals surface area contributed by atoms with Crippen molar-refractivity contribution < 1.29 is 13.9 Å². The van der Waals surface area contributed by atoms with Crippen molar-refractivity contribution in [1.29, 1.82) is 0 Å². The molecule has 0 atom stereocenters. The highest BCUT2D eigenvalue weighted by molar-refractivity contribution is 6.30. The van der Waals surface area contributed by atoms with Gasteiger partial charge in [-0.05, 0) is 38.4 Å². The molecule has 0 bridgehead atoms. The predicted molar refractivity (Wildman–Crippen MR) is 91.8 cm³/mol. The third kappa shape index (κ3) is 4.88. The van der Waals surface area contributed by atoms with Crippen LogP contribution in [0.3, 0.4) is 0 Å². The predicted octanol–water partition coefficient (Wildman–Crippen LogP) is 4.04. The number of ether oxygens (including phenoxy) is 1. The number of para-hydroxylation sites is 1. The number of fused-ring (bicyclic) bond motifs is 1. The lowest BCUT2D eigenvalue weighted by atomic mass is 10.2. The summed E-state index contributed by atoms with van der Waals surface area (Å²) in [5, 5.41) is 4.68. The summed E-state index contributed by atoms with van der Waals surface area (Å²) < 4.78 is 10.8. The summed E-state index contributed by atoms with van der Waals surface area (Å²) in [7, 11) is 1.72. The van der Waals surface area contributed by atoms with E-state index in [1.165, 1.54) is 0 Å². The molecule has 0 aliphatic rings. The molecule has 0 aliphatic carbocycles. The van der Waals surface area contributed by atoms with Crippen LogP contribution in [0.2, 0.25) is 5.22 Å². The molecule has 0 saturated heterocycles. The Labute approximate surface area is 141 Å². The zero-order chi connectivity index (χ0) is 17.0. The second-order valence-corrected chi connectivity index (χ2v) is 6.77. The number of rotatable bonds is 5. The van der Waals surface area contributed by atoms with Crippen molar-refractivity contribution in [3.63, 3.8) is 0 Å². The molecule has 2 aromatic rings. The van der Waals surface area contributed by atoms with Gasteiger partial charge in [-0.1, -0.05) is 18.2 Å². The number of nitrogens with zero attached hydrogens (tertiary/aromatic N) is 1. The van der Waals surface area contributed by atoms with Gasteiger partial charge in [-0.2, -0.15) is 0 Å². The summed E-state index contributed by atoms with van der Waals surface area (Å²) in [5.74, 6) is 0. The first-order valence-corrected chi connectivity index (χ1v) is 7.96. The van der Waals surface area contributed by atoms with Gasteiger partial charge in [0, 0.05) is 37.6 Å². The molecule has 0 spiro atoms. The molecule has 23 heavy (non-hydrogen) atoms. The molecule has 0 saturated carbocycles. The van der Waals surface area contributed by atoms with Crippen molar-refractivity contribution >= 4 is 28.7 Å². The summed E-state index contributed by atoms with van der Waals surface area (Å²) >= 11 is 6.14. The molecular weight excluding hydrogens is 316 g/mol. The Morgan fingerprint density at radius 1 is 1.35 bits per heavy atom. The number of hydrogen-bond acceptors (Lipinski definition) is 4. The van der Waals surface area contributed by atoms with E-state index in [1.807, 2.05) is 45.0 Å². The van der Waals surface area contributed by atoms with Gasteiger partial charge in [-0.3, -0.25) is 0 Å². The fourth-order valence-corrected chi connectivity index (χ4v) is 2.38. The molecule has 1 aromatic heterocycles. The van der Waals surface area contributed by atoms with E-state index in [1.54, 1.807) is 11.9 Å². The van der Waals surface area contributed by atoms with E-state index in [4.69, 9.17) is 20.8 Å². The Bertz CT molecular complexity index is 676. The molecule has 6 heteroatoms. The van der Waals surface area contributed by atoms with E-state index in [2.05, 4.69) is 5.32 Å². The Hall–Kier alpha value is -1.72. The molecule has 1 N–H and O–H groups in total. The average Bonchev–Trinajstić information content (AvgIpc) is 2.77. The fraction of sp³-hybridized carbons (Fsp3) is 0.471. The van der Waals surface area contributed by atoms with Gasteiger partial charge in [0.15, 0.2) is 5.22 Å². The number of benzene rings is 1. The van der Waals surface area contributed by atoms with E-state index >= 15 is 0 Å². The fourth-order valence-electron chi connectivity index (χ4n) is 2.12. The van der Waals surface area contributed by atoms with Gasteiger partial charge in [0.2, 0.25) is 0 Å². The smallest absolute Gasteiger partial charge is 0.410 e. The van der Waals surface area contributed by atoms with E-state index in [0.29, 0.717) is 24.9 Å². The van der Waals surface area contributed by atoms with Crippen molar-refractivity contribution in [2.45, 2.75) is 32.9 Å². The molecule has 2 rings (SSSR count). The molecule has 0 radical (unpaired) electrons. The van der Waals surface area contributed by atoms with E-state index in [0.717, 1.165) is 16.5 Å². The van der Waals surface area contributed by atoms with Gasteiger partial charge in [0.25, 0.3) is 0 Å². The van der Waals surface area contributed by atoms with Gasteiger partial charge in [-0.25, -0.2) is 4.79 Å². The van der Waals surface area contributed by atoms with Crippen LogP contribution in [0.4, 0.5) is 4.79 Å². The van der Waals surface area contributed by atoms with Crippen LogP contribution in [0.1, 0.15) is 26.3 Å². The maximum atomic E-state index is 11.9. The molecule has 0 aliphatic heterocycles.